The van der Waals surface area contributed by atoms with E-state index in [1.807, 2.05) is 6.08 Å². The molecule has 0 aliphatic heterocycles. The maximum atomic E-state index is 12.7. The summed E-state index contributed by atoms with van der Waals surface area (Å²) in [7, 11) is 0. The first-order valence-electron chi connectivity index (χ1n) is 24.1. The van der Waals surface area contributed by atoms with E-state index in [9.17, 15) is 9.59 Å². The fraction of sp³-hybridized carbons (Fsp3) is 0.600. The van der Waals surface area contributed by atoms with Crippen molar-refractivity contribution in [3.8, 4) is 0 Å². The predicted octanol–water partition coefficient (Wildman–Crippen LogP) is 16.2. The van der Waals surface area contributed by atoms with Crippen LogP contribution in [0.1, 0.15) is 188 Å². The Kier molecular flexibility index (Phi) is 46.6. The average Bonchev–Trinajstić information content (AvgIpc) is 3.25. The van der Waals surface area contributed by atoms with Crippen molar-refractivity contribution in [1.29, 1.82) is 0 Å². The molecule has 338 valence electrons. The van der Waals surface area contributed by atoms with Crippen molar-refractivity contribution in [3.63, 3.8) is 0 Å². The lowest BCUT2D eigenvalue weighted by Crippen LogP contribution is -2.30. The van der Waals surface area contributed by atoms with E-state index < -0.39 is 6.10 Å². The molecule has 5 heteroatoms. The van der Waals surface area contributed by atoms with Crippen molar-refractivity contribution in [3.05, 3.63) is 122 Å². The molecule has 0 amide bonds. The van der Waals surface area contributed by atoms with Gasteiger partial charge in [-0.3, -0.25) is 9.59 Å². The number of hydrogen-bond acceptors (Lipinski definition) is 5. The Morgan fingerprint density at radius 1 is 0.367 bits per heavy atom. The summed E-state index contributed by atoms with van der Waals surface area (Å²) in [6.45, 7) is 7.34. The van der Waals surface area contributed by atoms with Gasteiger partial charge in [-0.25, -0.2) is 0 Å². The summed E-state index contributed by atoms with van der Waals surface area (Å²) in [5.41, 5.74) is 0. The highest BCUT2D eigenvalue weighted by atomic mass is 16.6. The number of allylic oxidation sites excluding steroid dienone is 20. The molecular weight excluding hydrogens is 741 g/mol. The number of hydrogen-bond donors (Lipinski definition) is 0. The summed E-state index contributed by atoms with van der Waals surface area (Å²) < 4.78 is 17.3. The number of ether oxygens (including phenoxy) is 3. The second kappa shape index (κ2) is 49.7. The largest absolute Gasteiger partial charge is 0.462 e. The molecular formula is C55H88O5. The maximum Gasteiger partial charge on any atom is 0.306 e. The topological polar surface area (TPSA) is 61.8 Å². The minimum absolute atomic E-state index is 0.0245. The van der Waals surface area contributed by atoms with Crippen LogP contribution in [0.5, 0.6) is 0 Å². The number of carbonyl (C=O) groups is 2. The van der Waals surface area contributed by atoms with E-state index >= 15 is 0 Å². The van der Waals surface area contributed by atoms with Crippen molar-refractivity contribution in [1.82, 2.24) is 0 Å². The van der Waals surface area contributed by atoms with Crippen LogP contribution in [-0.4, -0.2) is 37.9 Å². The fourth-order valence-corrected chi connectivity index (χ4v) is 6.02. The lowest BCUT2D eigenvalue weighted by atomic mass is 10.1. The van der Waals surface area contributed by atoms with Crippen molar-refractivity contribution >= 4 is 11.9 Å². The van der Waals surface area contributed by atoms with Crippen molar-refractivity contribution in [2.45, 2.75) is 194 Å². The van der Waals surface area contributed by atoms with Crippen LogP contribution in [0, 0.1) is 0 Å². The average molecular weight is 829 g/mol. The number of unbranched alkanes of at least 4 members (excludes halogenated alkanes) is 11. The third kappa shape index (κ3) is 47.0. The van der Waals surface area contributed by atoms with Gasteiger partial charge in [-0.2, -0.15) is 0 Å². The minimum atomic E-state index is -0.591. The zero-order valence-corrected chi connectivity index (χ0v) is 38.7. The van der Waals surface area contributed by atoms with Crippen LogP contribution in [0.25, 0.3) is 0 Å². The third-order valence-corrected chi connectivity index (χ3v) is 9.49. The van der Waals surface area contributed by atoms with Gasteiger partial charge in [-0.1, -0.05) is 187 Å². The number of rotatable bonds is 42. The first kappa shape index (κ1) is 56.3. The highest BCUT2D eigenvalue weighted by Gasteiger charge is 2.17. The zero-order chi connectivity index (χ0) is 43.5. The van der Waals surface area contributed by atoms with E-state index in [0.717, 1.165) is 103 Å². The highest BCUT2D eigenvalue weighted by molar-refractivity contribution is 5.70. The second-order valence-corrected chi connectivity index (χ2v) is 15.2. The lowest BCUT2D eigenvalue weighted by Gasteiger charge is -2.18. The molecule has 60 heavy (non-hydrogen) atoms. The molecule has 0 aliphatic rings. The Morgan fingerprint density at radius 3 is 1.18 bits per heavy atom. The van der Waals surface area contributed by atoms with Gasteiger partial charge in [-0.15, -0.1) is 0 Å². The van der Waals surface area contributed by atoms with E-state index in [-0.39, 0.29) is 25.2 Å². The Labute approximate surface area is 369 Å². The number of carbonyl (C=O) groups excluding carboxylic acids is 2. The van der Waals surface area contributed by atoms with Crippen molar-refractivity contribution in [2.75, 3.05) is 19.8 Å². The molecule has 0 fully saturated rings. The van der Waals surface area contributed by atoms with Gasteiger partial charge in [0.2, 0.25) is 0 Å². The van der Waals surface area contributed by atoms with E-state index in [1.54, 1.807) is 0 Å². The van der Waals surface area contributed by atoms with E-state index in [4.69, 9.17) is 14.2 Å². The first-order chi connectivity index (χ1) is 29.6. The van der Waals surface area contributed by atoms with Crippen LogP contribution >= 0.6 is 0 Å². The Morgan fingerprint density at radius 2 is 0.733 bits per heavy atom. The second-order valence-electron chi connectivity index (χ2n) is 15.2. The molecule has 1 unspecified atom stereocenters. The molecule has 0 N–H and O–H groups in total. The Balaban J connectivity index is 4.41. The molecule has 1 atom stereocenters. The van der Waals surface area contributed by atoms with Crippen LogP contribution in [0.4, 0.5) is 0 Å². The molecule has 0 bridgehead atoms. The van der Waals surface area contributed by atoms with Crippen LogP contribution in [0.15, 0.2) is 122 Å². The SMILES string of the molecule is CC/C=C\C/C=C\C/C=C\C/C=C\CCC(=O)OCC(COCCCCCCCCCC/C=C\C/C=C\C/C=C\CC)OC(=O)CCCCC/C=C\C/C=C\C/C=C\CC. The molecule has 0 rings (SSSR count). The van der Waals surface area contributed by atoms with Gasteiger partial charge < -0.3 is 14.2 Å². The Hall–Kier alpha value is -3.70. The summed E-state index contributed by atoms with van der Waals surface area (Å²) in [6, 6.07) is 0. The van der Waals surface area contributed by atoms with Gasteiger partial charge in [0.25, 0.3) is 0 Å². The molecule has 0 heterocycles. The Bertz CT molecular complexity index is 1260. The van der Waals surface area contributed by atoms with Crippen molar-refractivity contribution in [2.24, 2.45) is 0 Å². The van der Waals surface area contributed by atoms with E-state index in [0.29, 0.717) is 25.9 Å². The summed E-state index contributed by atoms with van der Waals surface area (Å²) in [4.78, 5) is 25.3. The zero-order valence-electron chi connectivity index (χ0n) is 38.7. The van der Waals surface area contributed by atoms with E-state index in [2.05, 4.69) is 136 Å². The molecule has 0 radical (unpaired) electrons. The summed E-state index contributed by atoms with van der Waals surface area (Å²) in [5.74, 6) is -0.540. The maximum absolute atomic E-state index is 12.7. The third-order valence-electron chi connectivity index (χ3n) is 9.49. The van der Waals surface area contributed by atoms with Gasteiger partial charge >= 0.3 is 11.9 Å². The van der Waals surface area contributed by atoms with E-state index in [1.165, 1.54) is 44.9 Å². The molecule has 0 aliphatic carbocycles. The molecule has 0 aromatic carbocycles. The monoisotopic (exact) mass is 829 g/mol. The molecule has 0 aromatic heterocycles. The van der Waals surface area contributed by atoms with Crippen LogP contribution in [0.2, 0.25) is 0 Å². The summed E-state index contributed by atoms with van der Waals surface area (Å²) >= 11 is 0. The first-order valence-corrected chi connectivity index (χ1v) is 24.1. The quantitative estimate of drug-likeness (QED) is 0.0348. The summed E-state index contributed by atoms with van der Waals surface area (Å²) in [5, 5.41) is 0. The molecule has 0 spiro atoms. The molecule has 0 saturated heterocycles. The standard InChI is InChI=1S/C55H88O5/c1-4-7-10-13-16-19-22-25-26-27-28-29-32-35-38-41-44-47-50-58-51-53(60-55(57)49-46-43-40-37-34-31-24-21-18-15-12-9-6-3)52-59-54(56)48-45-42-39-36-33-30-23-20-17-14-11-8-5-2/h7-12,16-21,25-26,30-31,33-34,39,42,53H,4-6,13-15,22-24,27-29,32,35-38,40-41,43-52H2,1-3H3/b10-7-,11-8-,12-9-,19-16-,20-17-,21-18-,26-25-,33-30-,34-31-,42-39-. The van der Waals surface area contributed by atoms with Gasteiger partial charge in [0.1, 0.15) is 6.61 Å². The van der Waals surface area contributed by atoms with Gasteiger partial charge in [0, 0.05) is 19.4 Å². The van der Waals surface area contributed by atoms with Crippen LogP contribution < -0.4 is 0 Å². The normalized spacial score (nSPS) is 13.3. The molecule has 0 aromatic rings. The van der Waals surface area contributed by atoms with Crippen LogP contribution in [-0.2, 0) is 23.8 Å². The predicted molar refractivity (Wildman–Crippen MR) is 260 cm³/mol. The molecule has 0 saturated carbocycles. The fourth-order valence-electron chi connectivity index (χ4n) is 6.02. The van der Waals surface area contributed by atoms with Crippen molar-refractivity contribution < 1.29 is 23.8 Å². The lowest BCUT2D eigenvalue weighted by molar-refractivity contribution is -0.162. The number of esters is 2. The van der Waals surface area contributed by atoms with Gasteiger partial charge in [0.15, 0.2) is 6.10 Å². The van der Waals surface area contributed by atoms with Crippen LogP contribution in [0.3, 0.4) is 0 Å². The van der Waals surface area contributed by atoms with Gasteiger partial charge in [0.05, 0.1) is 6.61 Å². The molecule has 5 nitrogen and oxygen atoms in total. The minimum Gasteiger partial charge on any atom is -0.462 e. The summed E-state index contributed by atoms with van der Waals surface area (Å²) in [6.07, 6.45) is 69.4. The smallest absolute Gasteiger partial charge is 0.306 e. The highest BCUT2D eigenvalue weighted by Crippen LogP contribution is 2.12. The van der Waals surface area contributed by atoms with Gasteiger partial charge in [-0.05, 0) is 109 Å².